The van der Waals surface area contributed by atoms with Crippen LogP contribution in [-0.4, -0.2) is 36.7 Å². The summed E-state index contributed by atoms with van der Waals surface area (Å²) in [5.41, 5.74) is 1.03. The van der Waals surface area contributed by atoms with Crippen LogP contribution in [0.15, 0.2) is 45.0 Å². The van der Waals surface area contributed by atoms with E-state index in [1.54, 1.807) is 35.9 Å². The molecule has 0 saturated heterocycles. The number of hydrazone groups is 1. The van der Waals surface area contributed by atoms with Crippen molar-refractivity contribution in [3.05, 3.63) is 56.7 Å². The Hall–Kier alpha value is -3.49. The normalized spacial score (nSPS) is 13.6. The first-order chi connectivity index (χ1) is 12.9. The molecule has 0 N–H and O–H groups in total. The van der Waals surface area contributed by atoms with Crippen LogP contribution >= 0.6 is 0 Å². The summed E-state index contributed by atoms with van der Waals surface area (Å²) >= 11 is 0. The molecule has 1 aliphatic heterocycles. The highest BCUT2D eigenvalue weighted by molar-refractivity contribution is 6.00. The number of anilines is 1. The van der Waals surface area contributed by atoms with Gasteiger partial charge < -0.3 is 0 Å². The maximum Gasteiger partial charge on any atom is 0.332 e. The Labute approximate surface area is 153 Å². The monoisotopic (exact) mass is 366 g/mol. The fourth-order valence-corrected chi connectivity index (χ4v) is 3.25. The smallest absolute Gasteiger partial charge is 0.297 e. The van der Waals surface area contributed by atoms with Gasteiger partial charge in [0.25, 0.3) is 5.56 Å². The fraction of sp³-hybridized carbons (Fsp3) is 0.278. The molecule has 9 heteroatoms. The van der Waals surface area contributed by atoms with Gasteiger partial charge in [-0.2, -0.15) is 10.1 Å². The number of nitrogens with zero attached hydrogens (tertiary/aromatic N) is 6. The van der Waals surface area contributed by atoms with Gasteiger partial charge in [0.15, 0.2) is 16.9 Å². The maximum atomic E-state index is 12.7. The maximum absolute atomic E-state index is 12.7. The van der Waals surface area contributed by atoms with E-state index in [-0.39, 0.29) is 18.0 Å². The van der Waals surface area contributed by atoms with E-state index in [1.807, 2.05) is 13.0 Å². The predicted molar refractivity (Wildman–Crippen MR) is 101 cm³/mol. The van der Waals surface area contributed by atoms with Crippen molar-refractivity contribution in [2.75, 3.05) is 11.6 Å². The second-order valence-corrected chi connectivity index (χ2v) is 6.56. The third-order valence-electron chi connectivity index (χ3n) is 4.63. The summed E-state index contributed by atoms with van der Waals surface area (Å²) in [6.07, 6.45) is 0. The minimum absolute atomic E-state index is 0.0149. The molecule has 0 fully saturated rings. The van der Waals surface area contributed by atoms with Gasteiger partial charge in [-0.05, 0) is 6.92 Å². The van der Waals surface area contributed by atoms with E-state index in [1.165, 1.54) is 16.6 Å². The number of hydrogen-bond donors (Lipinski definition) is 0. The third kappa shape index (κ3) is 2.59. The zero-order valence-corrected chi connectivity index (χ0v) is 15.2. The summed E-state index contributed by atoms with van der Waals surface area (Å²) in [6.45, 7) is 2.18. The number of Topliss-reactive ketones (excluding diaryl/α,β-unsaturated/α-hetero) is 1. The Morgan fingerprint density at radius 2 is 1.81 bits per heavy atom. The summed E-state index contributed by atoms with van der Waals surface area (Å²) in [7, 11) is 3.00. The van der Waals surface area contributed by atoms with Gasteiger partial charge in [-0.25, -0.2) is 9.80 Å². The van der Waals surface area contributed by atoms with Crippen LogP contribution in [-0.2, 0) is 20.6 Å². The zero-order valence-electron chi connectivity index (χ0n) is 15.2. The molecule has 4 rings (SSSR count). The van der Waals surface area contributed by atoms with Crippen LogP contribution in [0.1, 0.15) is 17.3 Å². The van der Waals surface area contributed by atoms with Crippen molar-refractivity contribution in [2.24, 2.45) is 19.2 Å². The molecule has 0 spiro atoms. The van der Waals surface area contributed by atoms with E-state index < -0.39 is 11.2 Å². The third-order valence-corrected chi connectivity index (χ3v) is 4.63. The van der Waals surface area contributed by atoms with Crippen LogP contribution in [0.5, 0.6) is 0 Å². The SMILES string of the molecule is CC1=NN(CC(=O)c2ccccc2)c2nc3c(c(=O)n(C)c(=O)n3C)n2C1. The molecule has 2 aromatic heterocycles. The summed E-state index contributed by atoms with van der Waals surface area (Å²) in [5.74, 6) is 0.257. The van der Waals surface area contributed by atoms with Crippen molar-refractivity contribution in [2.45, 2.75) is 13.5 Å². The number of imidazole rings is 1. The number of fused-ring (bicyclic) bond motifs is 3. The van der Waals surface area contributed by atoms with Gasteiger partial charge >= 0.3 is 5.69 Å². The van der Waals surface area contributed by atoms with Crippen molar-refractivity contribution in [1.29, 1.82) is 0 Å². The molecule has 0 atom stereocenters. The van der Waals surface area contributed by atoms with E-state index in [4.69, 9.17) is 0 Å². The molecular formula is C18H18N6O3. The lowest BCUT2D eigenvalue weighted by molar-refractivity contribution is 0.0998. The number of carbonyl (C=O) groups is 1. The Morgan fingerprint density at radius 1 is 1.11 bits per heavy atom. The van der Waals surface area contributed by atoms with Crippen molar-refractivity contribution < 1.29 is 4.79 Å². The zero-order chi connectivity index (χ0) is 19.3. The van der Waals surface area contributed by atoms with E-state index in [0.29, 0.717) is 23.6 Å². The molecule has 0 saturated carbocycles. The molecule has 3 aromatic rings. The molecule has 1 aromatic carbocycles. The van der Waals surface area contributed by atoms with E-state index in [0.717, 1.165) is 10.3 Å². The molecule has 27 heavy (non-hydrogen) atoms. The lowest BCUT2D eigenvalue weighted by atomic mass is 10.1. The topological polar surface area (TPSA) is 94.5 Å². The van der Waals surface area contributed by atoms with Crippen LogP contribution in [0.3, 0.4) is 0 Å². The second kappa shape index (κ2) is 6.04. The molecular weight excluding hydrogens is 348 g/mol. The highest BCUT2D eigenvalue weighted by Crippen LogP contribution is 2.23. The second-order valence-electron chi connectivity index (χ2n) is 6.56. The van der Waals surface area contributed by atoms with Gasteiger partial charge in [0, 0.05) is 19.7 Å². The predicted octanol–water partition coefficient (Wildman–Crippen LogP) is 0.512. The van der Waals surface area contributed by atoms with E-state index >= 15 is 0 Å². The van der Waals surface area contributed by atoms with Gasteiger partial charge in [-0.3, -0.25) is 23.3 Å². The number of rotatable bonds is 3. The summed E-state index contributed by atoms with van der Waals surface area (Å²) in [5, 5.41) is 5.92. The molecule has 3 heterocycles. The summed E-state index contributed by atoms with van der Waals surface area (Å²) < 4.78 is 4.09. The fourth-order valence-electron chi connectivity index (χ4n) is 3.25. The lowest BCUT2D eigenvalue weighted by Gasteiger charge is -2.24. The Kier molecular flexibility index (Phi) is 3.79. The minimum Gasteiger partial charge on any atom is -0.297 e. The average Bonchev–Trinajstić information content (AvgIpc) is 3.05. The quantitative estimate of drug-likeness (QED) is 0.630. The Morgan fingerprint density at radius 3 is 2.52 bits per heavy atom. The highest BCUT2D eigenvalue weighted by Gasteiger charge is 2.27. The number of benzene rings is 1. The van der Waals surface area contributed by atoms with Crippen LogP contribution in [0, 0.1) is 0 Å². The molecule has 138 valence electrons. The average molecular weight is 366 g/mol. The number of ketones is 1. The van der Waals surface area contributed by atoms with E-state index in [2.05, 4.69) is 10.1 Å². The van der Waals surface area contributed by atoms with Gasteiger partial charge in [0.2, 0.25) is 5.95 Å². The number of aromatic nitrogens is 4. The van der Waals surface area contributed by atoms with Crippen LogP contribution in [0.2, 0.25) is 0 Å². The van der Waals surface area contributed by atoms with Crippen molar-refractivity contribution in [3.63, 3.8) is 0 Å². The molecule has 0 amide bonds. The first-order valence-corrected chi connectivity index (χ1v) is 8.44. The highest BCUT2D eigenvalue weighted by atomic mass is 16.2. The van der Waals surface area contributed by atoms with Crippen molar-refractivity contribution >= 4 is 28.6 Å². The molecule has 0 bridgehead atoms. The Bertz CT molecular complexity index is 1220. The summed E-state index contributed by atoms with van der Waals surface area (Å²) in [6, 6.07) is 8.92. The van der Waals surface area contributed by atoms with Gasteiger partial charge in [0.05, 0.1) is 12.3 Å². The molecule has 9 nitrogen and oxygen atoms in total. The molecule has 0 unspecified atom stereocenters. The lowest BCUT2D eigenvalue weighted by Crippen LogP contribution is -2.38. The van der Waals surface area contributed by atoms with Crippen LogP contribution < -0.4 is 16.3 Å². The van der Waals surface area contributed by atoms with E-state index in [9.17, 15) is 14.4 Å². The Balaban J connectivity index is 1.86. The molecule has 1 aliphatic rings. The van der Waals surface area contributed by atoms with Crippen molar-refractivity contribution in [3.8, 4) is 0 Å². The molecule has 0 aliphatic carbocycles. The number of carbonyl (C=O) groups excluding carboxylic acids is 1. The summed E-state index contributed by atoms with van der Waals surface area (Å²) in [4.78, 5) is 41.9. The first-order valence-electron chi connectivity index (χ1n) is 8.44. The van der Waals surface area contributed by atoms with Crippen LogP contribution in [0.25, 0.3) is 11.2 Å². The van der Waals surface area contributed by atoms with Gasteiger partial charge in [-0.1, -0.05) is 30.3 Å². The van der Waals surface area contributed by atoms with Gasteiger partial charge in [-0.15, -0.1) is 0 Å². The molecule has 0 radical (unpaired) electrons. The minimum atomic E-state index is -0.451. The standard InChI is InChI=1S/C18H18N6O3/c1-11-9-23-14-15(21(2)18(27)22(3)16(14)26)19-17(23)24(20-11)10-13(25)12-7-5-4-6-8-12/h4-8H,9-10H2,1-3H3. The largest absolute Gasteiger partial charge is 0.332 e. The number of aryl methyl sites for hydroxylation is 1. The number of hydrogen-bond acceptors (Lipinski definition) is 6. The van der Waals surface area contributed by atoms with Gasteiger partial charge in [0.1, 0.15) is 6.54 Å². The van der Waals surface area contributed by atoms with Crippen molar-refractivity contribution in [1.82, 2.24) is 18.7 Å². The van der Waals surface area contributed by atoms with Crippen LogP contribution in [0.4, 0.5) is 5.95 Å². The first kappa shape index (κ1) is 17.0.